The Labute approximate surface area is 215 Å². The van der Waals surface area contributed by atoms with E-state index in [0.717, 1.165) is 61.3 Å². The molecule has 4 aromatic rings. The van der Waals surface area contributed by atoms with E-state index in [-0.39, 0.29) is 11.9 Å². The van der Waals surface area contributed by atoms with Crippen LogP contribution in [0, 0.1) is 11.3 Å². The van der Waals surface area contributed by atoms with E-state index in [1.165, 1.54) is 18.5 Å². The Morgan fingerprint density at radius 1 is 1.05 bits per heavy atom. The number of nitrogens with one attached hydrogen (secondary N) is 2. The fourth-order valence-electron chi connectivity index (χ4n) is 6.10. The third kappa shape index (κ3) is 4.05. The molecule has 2 aromatic carbocycles. The van der Waals surface area contributed by atoms with Crippen LogP contribution in [0.5, 0.6) is 0 Å². The van der Waals surface area contributed by atoms with Crippen molar-refractivity contribution in [3.05, 3.63) is 72.3 Å². The topological polar surface area (TPSA) is 96.0 Å². The van der Waals surface area contributed by atoms with E-state index in [9.17, 15) is 4.79 Å². The number of hydrogen-bond donors (Lipinski definition) is 2. The summed E-state index contributed by atoms with van der Waals surface area (Å²) in [5.74, 6) is 0.933. The summed E-state index contributed by atoms with van der Waals surface area (Å²) in [7, 11) is 0. The number of aromatic amines is 1. The molecule has 7 rings (SSSR count). The second-order valence-electron chi connectivity index (χ2n) is 10.8. The Morgan fingerprint density at radius 3 is 2.51 bits per heavy atom. The third-order valence-electron chi connectivity index (χ3n) is 8.22. The van der Waals surface area contributed by atoms with Crippen LogP contribution in [0.1, 0.15) is 47.9 Å². The summed E-state index contributed by atoms with van der Waals surface area (Å²) in [6.45, 7) is 3.89. The Morgan fingerprint density at radius 2 is 1.81 bits per heavy atom. The van der Waals surface area contributed by atoms with E-state index in [2.05, 4.69) is 54.6 Å². The number of anilines is 1. The van der Waals surface area contributed by atoms with Gasteiger partial charge in [-0.1, -0.05) is 25.0 Å². The van der Waals surface area contributed by atoms with Crippen molar-refractivity contribution >= 4 is 22.5 Å². The third-order valence-corrected chi connectivity index (χ3v) is 8.22. The average Bonchev–Trinajstić information content (AvgIpc) is 3.56. The van der Waals surface area contributed by atoms with Crippen LogP contribution in [-0.4, -0.2) is 52.4 Å². The number of amides is 1. The highest BCUT2D eigenvalue weighted by Gasteiger charge is 2.49. The normalized spacial score (nSPS) is 19.5. The highest BCUT2D eigenvalue weighted by Crippen LogP contribution is 2.41. The van der Waals surface area contributed by atoms with E-state index in [0.29, 0.717) is 22.7 Å². The zero-order valence-corrected chi connectivity index (χ0v) is 20.7. The molecular formula is C29H30N6O2. The molecule has 8 nitrogen and oxygen atoms in total. The standard InChI is InChI=1S/C29H30N6O2/c36-28(32-26(19-4-1-2-5-19)27-30-12-3-13-31-27)21-8-11-24-23(14-21)25(34-33-24)20-6-9-22(10-7-20)35-15-29(16-35)17-37-18-29/h3,6-14,19,26H,1-2,4-5,15-18H2,(H,32,36)(H,33,34)/t26-/m0/s1. The lowest BCUT2D eigenvalue weighted by Crippen LogP contribution is -2.66. The van der Waals surface area contributed by atoms with Crippen LogP contribution in [0.25, 0.3) is 22.2 Å². The number of fused-ring (bicyclic) bond motifs is 1. The molecule has 3 aliphatic rings. The van der Waals surface area contributed by atoms with Gasteiger partial charge < -0.3 is 15.0 Å². The predicted molar refractivity (Wildman–Crippen MR) is 141 cm³/mol. The maximum absolute atomic E-state index is 13.4. The summed E-state index contributed by atoms with van der Waals surface area (Å²) >= 11 is 0. The van der Waals surface area contributed by atoms with Gasteiger partial charge in [0.2, 0.25) is 0 Å². The molecule has 2 saturated heterocycles. The van der Waals surface area contributed by atoms with Gasteiger partial charge in [0.05, 0.1) is 35.9 Å². The van der Waals surface area contributed by atoms with Gasteiger partial charge in [0.15, 0.2) is 5.82 Å². The number of H-pyrrole nitrogens is 1. The van der Waals surface area contributed by atoms with Crippen LogP contribution >= 0.6 is 0 Å². The van der Waals surface area contributed by atoms with Crippen molar-refractivity contribution in [1.29, 1.82) is 0 Å². The fourth-order valence-corrected chi connectivity index (χ4v) is 6.10. The van der Waals surface area contributed by atoms with E-state index in [4.69, 9.17) is 4.74 Å². The molecule has 8 heteroatoms. The molecule has 1 aliphatic carbocycles. The minimum Gasteiger partial charge on any atom is -0.380 e. The smallest absolute Gasteiger partial charge is 0.251 e. The zero-order valence-electron chi connectivity index (χ0n) is 20.7. The molecule has 0 radical (unpaired) electrons. The van der Waals surface area contributed by atoms with E-state index in [1.807, 2.05) is 18.2 Å². The summed E-state index contributed by atoms with van der Waals surface area (Å²) in [5.41, 5.74) is 5.00. The van der Waals surface area contributed by atoms with Crippen LogP contribution < -0.4 is 10.2 Å². The van der Waals surface area contributed by atoms with Gasteiger partial charge in [-0.25, -0.2) is 9.97 Å². The quantitative estimate of drug-likeness (QED) is 0.409. The highest BCUT2D eigenvalue weighted by molar-refractivity contribution is 6.01. The van der Waals surface area contributed by atoms with E-state index in [1.54, 1.807) is 18.5 Å². The summed E-state index contributed by atoms with van der Waals surface area (Å²) in [6.07, 6.45) is 8.01. The van der Waals surface area contributed by atoms with Crippen molar-refractivity contribution in [3.8, 4) is 11.3 Å². The minimum absolute atomic E-state index is 0.111. The van der Waals surface area contributed by atoms with E-state index < -0.39 is 0 Å². The first-order valence-corrected chi connectivity index (χ1v) is 13.2. The second kappa shape index (κ2) is 8.95. The van der Waals surface area contributed by atoms with Gasteiger partial charge in [-0.15, -0.1) is 0 Å². The van der Waals surface area contributed by atoms with Crippen LogP contribution in [0.2, 0.25) is 0 Å². The summed E-state index contributed by atoms with van der Waals surface area (Å²) in [5, 5.41) is 11.9. The number of hydrogen-bond acceptors (Lipinski definition) is 6. The first-order chi connectivity index (χ1) is 18.2. The molecule has 0 unspecified atom stereocenters. The molecular weight excluding hydrogens is 464 g/mol. The van der Waals surface area contributed by atoms with Crippen molar-refractivity contribution in [1.82, 2.24) is 25.5 Å². The molecule has 0 bridgehead atoms. The Balaban J connectivity index is 1.12. The largest absolute Gasteiger partial charge is 0.380 e. The summed E-state index contributed by atoms with van der Waals surface area (Å²) in [6, 6.07) is 15.9. The molecule has 3 fully saturated rings. The number of nitrogens with zero attached hydrogens (tertiary/aromatic N) is 4. The number of carbonyl (C=O) groups excluding carboxylic acids is 1. The van der Waals surface area contributed by atoms with Crippen LogP contribution in [0.4, 0.5) is 5.69 Å². The number of aromatic nitrogens is 4. The Hall–Kier alpha value is -3.78. The number of carbonyl (C=O) groups is 1. The van der Waals surface area contributed by atoms with Crippen molar-refractivity contribution in [2.24, 2.45) is 11.3 Å². The van der Waals surface area contributed by atoms with Gasteiger partial charge in [0.25, 0.3) is 5.91 Å². The van der Waals surface area contributed by atoms with Crippen molar-refractivity contribution in [3.63, 3.8) is 0 Å². The molecule has 1 atom stereocenters. The number of benzene rings is 2. The Kier molecular flexibility index (Phi) is 5.43. The molecule has 188 valence electrons. The van der Waals surface area contributed by atoms with Gasteiger partial charge in [-0.05, 0) is 55.2 Å². The molecule has 1 amide bonds. The zero-order chi connectivity index (χ0) is 24.8. The molecule has 2 N–H and O–H groups in total. The second-order valence-corrected chi connectivity index (χ2v) is 10.8. The van der Waals surface area contributed by atoms with Gasteiger partial charge in [-0.2, -0.15) is 5.10 Å². The van der Waals surface area contributed by atoms with Crippen LogP contribution in [0.3, 0.4) is 0 Å². The van der Waals surface area contributed by atoms with Crippen molar-refractivity contribution < 1.29 is 9.53 Å². The lowest BCUT2D eigenvalue weighted by atomic mass is 9.78. The maximum Gasteiger partial charge on any atom is 0.251 e. The van der Waals surface area contributed by atoms with Gasteiger partial charge >= 0.3 is 0 Å². The molecule has 4 heterocycles. The summed E-state index contributed by atoms with van der Waals surface area (Å²) < 4.78 is 5.40. The van der Waals surface area contributed by atoms with Crippen molar-refractivity contribution in [2.45, 2.75) is 31.7 Å². The average molecular weight is 495 g/mol. The predicted octanol–water partition coefficient (Wildman–Crippen LogP) is 4.52. The summed E-state index contributed by atoms with van der Waals surface area (Å²) in [4.78, 5) is 24.7. The van der Waals surface area contributed by atoms with Gasteiger partial charge in [0, 0.05) is 47.7 Å². The SMILES string of the molecule is O=C(N[C@H](c1ncccn1)C1CCCC1)c1ccc2[nH]nc(-c3ccc(N4CC5(COC5)C4)cc3)c2c1. The minimum atomic E-state index is -0.185. The van der Waals surface area contributed by atoms with E-state index >= 15 is 0 Å². The lowest BCUT2D eigenvalue weighted by Gasteiger charge is -2.56. The van der Waals surface area contributed by atoms with Gasteiger partial charge in [0.1, 0.15) is 0 Å². The number of rotatable bonds is 6. The molecule has 37 heavy (non-hydrogen) atoms. The fraction of sp³-hybridized carbons (Fsp3) is 0.379. The number of ether oxygens (including phenoxy) is 1. The monoisotopic (exact) mass is 494 g/mol. The van der Waals surface area contributed by atoms with Crippen LogP contribution in [-0.2, 0) is 4.74 Å². The molecule has 2 aliphatic heterocycles. The molecule has 2 aromatic heterocycles. The molecule has 1 saturated carbocycles. The maximum atomic E-state index is 13.4. The highest BCUT2D eigenvalue weighted by atomic mass is 16.5. The molecule has 1 spiro atoms. The van der Waals surface area contributed by atoms with Crippen LogP contribution in [0.15, 0.2) is 60.9 Å². The first kappa shape index (κ1) is 22.4. The first-order valence-electron chi connectivity index (χ1n) is 13.2. The lowest BCUT2D eigenvalue weighted by molar-refractivity contribution is -0.127. The van der Waals surface area contributed by atoms with Gasteiger partial charge in [-0.3, -0.25) is 9.89 Å². The van der Waals surface area contributed by atoms with Crippen molar-refractivity contribution in [2.75, 3.05) is 31.2 Å². The Bertz CT molecular complexity index is 1420.